The number of hydrogen-bond donors (Lipinski definition) is 0. The highest BCUT2D eigenvalue weighted by molar-refractivity contribution is 6.07. The number of rotatable bonds is 12. The Hall–Kier alpha value is -5.37. The summed E-state index contributed by atoms with van der Waals surface area (Å²) in [7, 11) is 11.2. The zero-order chi connectivity index (χ0) is 32.8. The Labute approximate surface area is 265 Å². The molecule has 236 valence electrons. The van der Waals surface area contributed by atoms with Crippen LogP contribution >= 0.6 is 0 Å². The molecule has 0 atom stereocenters. The number of hydrogen-bond acceptors (Lipinski definition) is 8. The molecule has 0 heterocycles. The monoisotopic (exact) mass is 612 g/mol. The van der Waals surface area contributed by atoms with E-state index in [1.54, 1.807) is 68.0 Å². The molecule has 0 fully saturated rings. The van der Waals surface area contributed by atoms with Crippen molar-refractivity contribution in [3.63, 3.8) is 0 Å². The number of benzene rings is 4. The van der Waals surface area contributed by atoms with Crippen molar-refractivity contribution in [2.45, 2.75) is 6.92 Å². The first-order chi connectivity index (χ1) is 21.8. The summed E-state index contributed by atoms with van der Waals surface area (Å²) >= 11 is 0. The summed E-state index contributed by atoms with van der Waals surface area (Å²) in [6.07, 6.45) is 7.30. The Kier molecular flexibility index (Phi) is 12.9. The van der Waals surface area contributed by atoms with Crippen molar-refractivity contribution in [3.8, 4) is 40.2 Å². The van der Waals surface area contributed by atoms with Crippen molar-refractivity contribution in [2.24, 2.45) is 0 Å². The largest absolute Gasteiger partial charge is 0.497 e. The number of ketones is 1. The van der Waals surface area contributed by atoms with Crippen LogP contribution in [-0.4, -0.2) is 55.6 Å². The molecule has 4 rings (SSSR count). The number of allylic oxidation sites excluding steroid dienone is 1. The lowest BCUT2D eigenvalue weighted by Crippen LogP contribution is -1.99. The van der Waals surface area contributed by atoms with Gasteiger partial charge in [-0.15, -0.1) is 0 Å². The molecule has 0 aromatic heterocycles. The molecule has 0 amide bonds. The van der Waals surface area contributed by atoms with Gasteiger partial charge in [0.05, 0.1) is 49.8 Å². The Balaban J connectivity index is 0.000000246. The zero-order valence-corrected chi connectivity index (χ0v) is 27.0. The second-order valence-electron chi connectivity index (χ2n) is 9.54. The summed E-state index contributed by atoms with van der Waals surface area (Å²) < 4.78 is 36.9. The van der Waals surface area contributed by atoms with E-state index in [2.05, 4.69) is 0 Å². The summed E-state index contributed by atoms with van der Waals surface area (Å²) in [5.41, 5.74) is 4.35. The molecule has 8 heteroatoms. The molecule has 0 aliphatic rings. The van der Waals surface area contributed by atoms with Gasteiger partial charge in [0, 0.05) is 11.1 Å². The first-order valence-corrected chi connectivity index (χ1v) is 14.0. The molecule has 0 aliphatic heterocycles. The number of methoxy groups -OCH3 is 7. The second-order valence-corrected chi connectivity index (χ2v) is 9.54. The summed E-state index contributed by atoms with van der Waals surface area (Å²) in [5.74, 6) is 4.62. The Morgan fingerprint density at radius 2 is 0.911 bits per heavy atom. The fraction of sp³-hybridized carbons (Fsp3) is 0.216. The molecule has 0 saturated carbocycles. The minimum absolute atomic E-state index is 0.114. The van der Waals surface area contributed by atoms with Gasteiger partial charge in [-0.05, 0) is 78.2 Å². The van der Waals surface area contributed by atoms with Gasteiger partial charge >= 0.3 is 0 Å². The number of ether oxygens (including phenoxy) is 7. The van der Waals surface area contributed by atoms with Crippen molar-refractivity contribution in [1.82, 2.24) is 0 Å². The molecular formula is C37H40O8. The highest BCUT2D eigenvalue weighted by Crippen LogP contribution is 2.38. The van der Waals surface area contributed by atoms with Crippen LogP contribution in [0.15, 0.2) is 78.9 Å². The van der Waals surface area contributed by atoms with Crippen LogP contribution in [0.3, 0.4) is 0 Å². The summed E-state index contributed by atoms with van der Waals surface area (Å²) in [6.45, 7) is 1.89. The average Bonchev–Trinajstić information content (AvgIpc) is 3.09. The van der Waals surface area contributed by atoms with Gasteiger partial charge in [0.1, 0.15) is 23.0 Å². The van der Waals surface area contributed by atoms with Gasteiger partial charge in [-0.1, -0.05) is 42.5 Å². The van der Waals surface area contributed by atoms with Crippen molar-refractivity contribution in [1.29, 1.82) is 0 Å². The van der Waals surface area contributed by atoms with Crippen LogP contribution in [0.4, 0.5) is 0 Å². The standard InChI is InChI=1S/C19H20O4.C18H20O4/c1-13-18(22-3)11-15(12-19(13)23-4)17(20)10-7-14-5-8-16(21-2)9-6-14;1-19-15-9-7-13(8-10-15)5-6-14-11-16(20-2)18(22-4)17(12-14)21-3/h5-12H,1-4H3;5-12H,1-4H3/b10-7+;6-5-. The molecule has 8 nitrogen and oxygen atoms in total. The van der Waals surface area contributed by atoms with E-state index < -0.39 is 0 Å². The average molecular weight is 613 g/mol. The van der Waals surface area contributed by atoms with Crippen LogP contribution in [-0.2, 0) is 0 Å². The predicted molar refractivity (Wildman–Crippen MR) is 179 cm³/mol. The van der Waals surface area contributed by atoms with Crippen LogP contribution < -0.4 is 33.2 Å². The molecule has 4 aromatic carbocycles. The van der Waals surface area contributed by atoms with Crippen molar-refractivity contribution in [2.75, 3.05) is 49.8 Å². The van der Waals surface area contributed by atoms with E-state index in [4.69, 9.17) is 33.2 Å². The Bertz CT molecular complexity index is 1550. The molecule has 4 aromatic rings. The lowest BCUT2D eigenvalue weighted by Gasteiger charge is -2.12. The highest BCUT2D eigenvalue weighted by Gasteiger charge is 2.13. The summed E-state index contributed by atoms with van der Waals surface area (Å²) in [6, 6.07) is 22.6. The van der Waals surface area contributed by atoms with Gasteiger partial charge in [0.25, 0.3) is 0 Å². The van der Waals surface area contributed by atoms with Crippen molar-refractivity contribution in [3.05, 3.63) is 107 Å². The van der Waals surface area contributed by atoms with E-state index in [0.29, 0.717) is 34.3 Å². The maximum absolute atomic E-state index is 12.4. The third kappa shape index (κ3) is 9.31. The number of carbonyl (C=O) groups excluding carboxylic acids is 1. The van der Waals surface area contributed by atoms with Gasteiger partial charge in [-0.3, -0.25) is 4.79 Å². The van der Waals surface area contributed by atoms with Crippen LogP contribution in [0, 0.1) is 6.92 Å². The second kappa shape index (κ2) is 17.1. The minimum Gasteiger partial charge on any atom is -0.497 e. The molecule has 0 unspecified atom stereocenters. The molecule has 0 radical (unpaired) electrons. The zero-order valence-electron chi connectivity index (χ0n) is 27.0. The van der Waals surface area contributed by atoms with Gasteiger partial charge in [-0.2, -0.15) is 0 Å². The summed E-state index contributed by atoms with van der Waals surface area (Å²) in [4.78, 5) is 12.4. The lowest BCUT2D eigenvalue weighted by molar-refractivity contribution is 0.104. The van der Waals surface area contributed by atoms with Gasteiger partial charge in [0.15, 0.2) is 17.3 Å². The number of carbonyl (C=O) groups is 1. The molecular weight excluding hydrogens is 572 g/mol. The quantitative estimate of drug-likeness (QED) is 0.0911. The first kappa shape index (κ1) is 34.1. The molecule has 0 saturated heterocycles. The van der Waals surface area contributed by atoms with E-state index in [-0.39, 0.29) is 5.78 Å². The third-order valence-corrected chi connectivity index (χ3v) is 6.85. The smallest absolute Gasteiger partial charge is 0.203 e. The van der Waals surface area contributed by atoms with Crippen LogP contribution in [0.1, 0.15) is 32.6 Å². The molecule has 0 spiro atoms. The molecule has 0 aliphatic carbocycles. The van der Waals surface area contributed by atoms with Gasteiger partial charge in [-0.25, -0.2) is 0 Å². The normalized spacial score (nSPS) is 10.6. The Morgan fingerprint density at radius 3 is 1.31 bits per heavy atom. The maximum atomic E-state index is 12.4. The predicted octanol–water partition coefficient (Wildman–Crippen LogP) is 7.81. The van der Waals surface area contributed by atoms with E-state index in [1.165, 1.54) is 6.08 Å². The maximum Gasteiger partial charge on any atom is 0.203 e. The van der Waals surface area contributed by atoms with Crippen molar-refractivity contribution < 1.29 is 38.0 Å². The Morgan fingerprint density at radius 1 is 0.489 bits per heavy atom. The molecule has 45 heavy (non-hydrogen) atoms. The molecule has 0 N–H and O–H groups in total. The fourth-order valence-corrected chi connectivity index (χ4v) is 4.32. The first-order valence-electron chi connectivity index (χ1n) is 14.0. The summed E-state index contributed by atoms with van der Waals surface area (Å²) in [5, 5.41) is 0. The molecule has 0 bridgehead atoms. The topological polar surface area (TPSA) is 81.7 Å². The van der Waals surface area contributed by atoms with E-state index in [9.17, 15) is 4.79 Å². The minimum atomic E-state index is -0.114. The third-order valence-electron chi connectivity index (χ3n) is 6.85. The van der Waals surface area contributed by atoms with Gasteiger partial charge < -0.3 is 33.2 Å². The van der Waals surface area contributed by atoms with Crippen LogP contribution in [0.25, 0.3) is 18.2 Å². The fourth-order valence-electron chi connectivity index (χ4n) is 4.32. The lowest BCUT2D eigenvalue weighted by atomic mass is 10.0. The van der Waals surface area contributed by atoms with E-state index >= 15 is 0 Å². The highest BCUT2D eigenvalue weighted by atomic mass is 16.5. The SMILES string of the molecule is COc1ccc(/C=C/C(=O)c2cc(OC)c(C)c(OC)c2)cc1.COc1ccc(/C=C\c2cc(OC)c(OC)c(OC)c2)cc1. The van der Waals surface area contributed by atoms with E-state index in [1.807, 2.05) is 79.7 Å². The van der Waals surface area contributed by atoms with Crippen molar-refractivity contribution >= 4 is 24.0 Å². The van der Waals surface area contributed by atoms with Crippen LogP contribution in [0.2, 0.25) is 0 Å². The van der Waals surface area contributed by atoms with Gasteiger partial charge in [0.2, 0.25) is 5.75 Å². The van der Waals surface area contributed by atoms with Crippen LogP contribution in [0.5, 0.6) is 40.2 Å². The van der Waals surface area contributed by atoms with E-state index in [0.717, 1.165) is 33.8 Å².